The van der Waals surface area contributed by atoms with Crippen molar-refractivity contribution in [1.82, 2.24) is 15.0 Å². The van der Waals surface area contributed by atoms with E-state index in [1.54, 1.807) is 0 Å². The van der Waals surface area contributed by atoms with Gasteiger partial charge in [-0.15, -0.1) is 5.10 Å². The number of hydrogen-bond acceptors (Lipinski definition) is 5. The van der Waals surface area contributed by atoms with Gasteiger partial charge in [0.05, 0.1) is 19.4 Å². The number of halogens is 2. The van der Waals surface area contributed by atoms with E-state index in [4.69, 9.17) is 21.4 Å². The molecule has 0 atom stereocenters. The van der Waals surface area contributed by atoms with Crippen molar-refractivity contribution < 1.29 is 19.7 Å². The number of aromatic hydroxyl groups is 1. The van der Waals surface area contributed by atoms with Crippen molar-refractivity contribution in [3.63, 3.8) is 0 Å². The number of ether oxygens (including phenoxy) is 1. The highest BCUT2D eigenvalue weighted by Crippen LogP contribution is 2.30. The second-order valence-corrected chi connectivity index (χ2v) is 6.66. The van der Waals surface area contributed by atoms with Crippen LogP contribution >= 0.6 is 27.5 Å². The van der Waals surface area contributed by atoms with Gasteiger partial charge < -0.3 is 14.9 Å². The van der Waals surface area contributed by atoms with Crippen LogP contribution in [-0.2, 0) is 18.0 Å². The lowest BCUT2D eigenvalue weighted by Crippen LogP contribution is -2.02. The SMILES string of the molecule is O=C(O)c1cc(Cl)cc(-n2cc(COCc3ccccc3Br)nn2)c1O. The number of aromatic nitrogens is 3. The van der Waals surface area contributed by atoms with Gasteiger partial charge in [0.2, 0.25) is 0 Å². The summed E-state index contributed by atoms with van der Waals surface area (Å²) in [5.41, 5.74) is 1.33. The third-order valence-electron chi connectivity index (χ3n) is 3.54. The Labute approximate surface area is 161 Å². The highest BCUT2D eigenvalue weighted by atomic mass is 79.9. The van der Waals surface area contributed by atoms with Gasteiger partial charge in [0, 0.05) is 9.50 Å². The number of carboxylic acid groups (broad SMARTS) is 1. The fourth-order valence-corrected chi connectivity index (χ4v) is 2.90. The molecule has 0 saturated carbocycles. The average molecular weight is 439 g/mol. The van der Waals surface area contributed by atoms with Crippen LogP contribution in [-0.4, -0.2) is 31.2 Å². The van der Waals surface area contributed by atoms with Gasteiger partial charge in [-0.1, -0.05) is 50.9 Å². The smallest absolute Gasteiger partial charge is 0.339 e. The van der Waals surface area contributed by atoms with Crippen molar-refractivity contribution in [3.05, 3.63) is 68.9 Å². The Balaban J connectivity index is 1.74. The first kappa shape index (κ1) is 18.4. The van der Waals surface area contributed by atoms with Crippen LogP contribution < -0.4 is 0 Å². The van der Waals surface area contributed by atoms with E-state index >= 15 is 0 Å². The van der Waals surface area contributed by atoms with E-state index in [1.165, 1.54) is 23.0 Å². The van der Waals surface area contributed by atoms with Crippen LogP contribution in [0.25, 0.3) is 5.69 Å². The maximum atomic E-state index is 11.2. The minimum absolute atomic E-state index is 0.124. The maximum Gasteiger partial charge on any atom is 0.339 e. The van der Waals surface area contributed by atoms with E-state index in [2.05, 4.69) is 26.2 Å². The third kappa shape index (κ3) is 4.04. The van der Waals surface area contributed by atoms with Crippen LogP contribution in [0.1, 0.15) is 21.6 Å². The minimum atomic E-state index is -1.29. The summed E-state index contributed by atoms with van der Waals surface area (Å²) in [5, 5.41) is 27.3. The molecular formula is C17H13BrClN3O4. The summed E-state index contributed by atoms with van der Waals surface area (Å²) < 4.78 is 7.83. The molecule has 2 aromatic carbocycles. The predicted molar refractivity (Wildman–Crippen MR) is 97.6 cm³/mol. The summed E-state index contributed by atoms with van der Waals surface area (Å²) in [5.74, 6) is -1.73. The minimum Gasteiger partial charge on any atom is -0.505 e. The molecule has 3 rings (SSSR count). The lowest BCUT2D eigenvalue weighted by atomic mass is 10.1. The van der Waals surface area contributed by atoms with E-state index in [0.717, 1.165) is 10.0 Å². The topological polar surface area (TPSA) is 97.5 Å². The highest BCUT2D eigenvalue weighted by Gasteiger charge is 2.17. The lowest BCUT2D eigenvalue weighted by Gasteiger charge is -2.07. The highest BCUT2D eigenvalue weighted by molar-refractivity contribution is 9.10. The number of benzene rings is 2. The number of carboxylic acids is 1. The number of hydrogen-bond donors (Lipinski definition) is 2. The summed E-state index contributed by atoms with van der Waals surface area (Å²) in [6.45, 7) is 0.592. The first-order valence-electron chi connectivity index (χ1n) is 7.44. The Morgan fingerprint density at radius 3 is 2.77 bits per heavy atom. The number of aromatic carboxylic acids is 1. The zero-order valence-corrected chi connectivity index (χ0v) is 15.6. The molecule has 0 radical (unpaired) electrons. The number of nitrogens with zero attached hydrogens (tertiary/aromatic N) is 3. The first-order chi connectivity index (χ1) is 12.5. The molecule has 7 nitrogen and oxygen atoms in total. The van der Waals surface area contributed by atoms with Crippen molar-refractivity contribution in [3.8, 4) is 11.4 Å². The van der Waals surface area contributed by atoms with E-state index in [-0.39, 0.29) is 22.9 Å². The van der Waals surface area contributed by atoms with Gasteiger partial charge in [0.15, 0.2) is 5.75 Å². The molecule has 1 heterocycles. The second kappa shape index (κ2) is 7.86. The number of phenols is 1. The third-order valence-corrected chi connectivity index (χ3v) is 4.53. The molecule has 134 valence electrons. The summed E-state index contributed by atoms with van der Waals surface area (Å²) >= 11 is 9.37. The zero-order valence-electron chi connectivity index (χ0n) is 13.3. The van der Waals surface area contributed by atoms with Gasteiger partial charge in [0.25, 0.3) is 0 Å². The average Bonchev–Trinajstić information content (AvgIpc) is 3.07. The Morgan fingerprint density at radius 2 is 2.04 bits per heavy atom. The standard InChI is InChI=1S/C17H13BrClN3O4/c18-14-4-2-1-3-10(14)8-26-9-12-7-22(21-20-12)15-6-11(19)5-13(16(15)23)17(24)25/h1-7,23H,8-9H2,(H,24,25). The molecule has 3 aromatic rings. The molecule has 0 bridgehead atoms. The van der Waals surface area contributed by atoms with Crippen LogP contribution in [0.3, 0.4) is 0 Å². The van der Waals surface area contributed by atoms with Crippen molar-refractivity contribution in [1.29, 1.82) is 0 Å². The van der Waals surface area contributed by atoms with Crippen molar-refractivity contribution >= 4 is 33.5 Å². The predicted octanol–water partition coefficient (Wildman–Crippen LogP) is 3.80. The molecule has 0 unspecified atom stereocenters. The lowest BCUT2D eigenvalue weighted by molar-refractivity contribution is 0.0693. The molecule has 0 aliphatic carbocycles. The first-order valence-corrected chi connectivity index (χ1v) is 8.61. The van der Waals surface area contributed by atoms with Gasteiger partial charge in [-0.3, -0.25) is 0 Å². The second-order valence-electron chi connectivity index (χ2n) is 5.36. The van der Waals surface area contributed by atoms with E-state index in [9.17, 15) is 9.90 Å². The summed E-state index contributed by atoms with van der Waals surface area (Å²) in [4.78, 5) is 11.2. The van der Waals surface area contributed by atoms with Gasteiger partial charge in [-0.2, -0.15) is 0 Å². The van der Waals surface area contributed by atoms with Gasteiger partial charge >= 0.3 is 5.97 Å². The molecule has 0 fully saturated rings. The quantitative estimate of drug-likeness (QED) is 0.607. The monoisotopic (exact) mass is 437 g/mol. The molecule has 26 heavy (non-hydrogen) atoms. The number of rotatable bonds is 6. The van der Waals surface area contributed by atoms with Gasteiger partial charge in [-0.25, -0.2) is 9.48 Å². The van der Waals surface area contributed by atoms with Crippen LogP contribution in [0.2, 0.25) is 5.02 Å². The van der Waals surface area contributed by atoms with Crippen LogP contribution in [0, 0.1) is 0 Å². The van der Waals surface area contributed by atoms with Crippen LogP contribution in [0.15, 0.2) is 47.1 Å². The Morgan fingerprint density at radius 1 is 1.27 bits per heavy atom. The molecule has 0 aliphatic rings. The van der Waals surface area contributed by atoms with Crippen molar-refractivity contribution in [2.45, 2.75) is 13.2 Å². The molecule has 9 heteroatoms. The normalized spacial score (nSPS) is 10.8. The van der Waals surface area contributed by atoms with Gasteiger partial charge in [0.1, 0.15) is 16.9 Å². The molecule has 1 aromatic heterocycles. The molecule has 0 aliphatic heterocycles. The fourth-order valence-electron chi connectivity index (χ4n) is 2.29. The van der Waals surface area contributed by atoms with E-state index in [0.29, 0.717) is 12.3 Å². The summed E-state index contributed by atoms with van der Waals surface area (Å²) in [6.07, 6.45) is 1.54. The molecule has 0 amide bonds. The van der Waals surface area contributed by atoms with Crippen LogP contribution in [0.4, 0.5) is 0 Å². The van der Waals surface area contributed by atoms with E-state index in [1.807, 2.05) is 24.3 Å². The summed E-state index contributed by atoms with van der Waals surface area (Å²) in [7, 11) is 0. The zero-order chi connectivity index (χ0) is 18.7. The fraction of sp³-hybridized carbons (Fsp3) is 0.118. The molecule has 0 saturated heterocycles. The van der Waals surface area contributed by atoms with Crippen LogP contribution in [0.5, 0.6) is 5.75 Å². The Kier molecular flexibility index (Phi) is 5.55. The Bertz CT molecular complexity index is 961. The molecule has 0 spiro atoms. The van der Waals surface area contributed by atoms with Gasteiger partial charge in [-0.05, 0) is 23.8 Å². The van der Waals surface area contributed by atoms with Crippen molar-refractivity contribution in [2.75, 3.05) is 0 Å². The van der Waals surface area contributed by atoms with E-state index < -0.39 is 11.7 Å². The molecule has 2 N–H and O–H groups in total. The molecular weight excluding hydrogens is 426 g/mol. The maximum absolute atomic E-state index is 11.2. The number of carbonyl (C=O) groups is 1. The Hall–Kier alpha value is -2.42. The van der Waals surface area contributed by atoms with Crippen molar-refractivity contribution in [2.24, 2.45) is 0 Å². The largest absolute Gasteiger partial charge is 0.505 e. The summed E-state index contributed by atoms with van der Waals surface area (Å²) in [6, 6.07) is 10.3.